The van der Waals surface area contributed by atoms with Gasteiger partial charge in [0, 0.05) is 30.0 Å². The summed E-state index contributed by atoms with van der Waals surface area (Å²) >= 11 is 1.39. The molecule has 2 N–H and O–H groups in total. The molecular formula is C16H19N3O6S. The van der Waals surface area contributed by atoms with Crippen molar-refractivity contribution < 1.29 is 24.4 Å². The molecule has 0 saturated carbocycles. The highest BCUT2D eigenvalue weighted by atomic mass is 32.2. The lowest BCUT2D eigenvalue weighted by molar-refractivity contribution is -0.384. The lowest BCUT2D eigenvalue weighted by atomic mass is 10.1. The number of hydrogen-bond donors (Lipinski definition) is 2. The quantitative estimate of drug-likeness (QED) is 0.565. The summed E-state index contributed by atoms with van der Waals surface area (Å²) < 4.78 is 0. The summed E-state index contributed by atoms with van der Waals surface area (Å²) in [4.78, 5) is 47.8. The Labute approximate surface area is 153 Å². The van der Waals surface area contributed by atoms with Crippen molar-refractivity contribution in [2.24, 2.45) is 5.92 Å². The molecule has 1 saturated heterocycles. The summed E-state index contributed by atoms with van der Waals surface area (Å²) in [6.45, 7) is 4.37. The van der Waals surface area contributed by atoms with Gasteiger partial charge >= 0.3 is 5.97 Å². The molecule has 0 aromatic heterocycles. The number of amides is 2. The highest BCUT2D eigenvalue weighted by Crippen LogP contribution is 2.25. The molecule has 0 bridgehead atoms. The van der Waals surface area contributed by atoms with Crippen molar-refractivity contribution >= 4 is 35.2 Å². The van der Waals surface area contributed by atoms with Crippen LogP contribution in [-0.2, 0) is 4.79 Å². The van der Waals surface area contributed by atoms with Crippen molar-refractivity contribution in [3.8, 4) is 0 Å². The second kappa shape index (κ2) is 8.17. The van der Waals surface area contributed by atoms with Gasteiger partial charge in [-0.25, -0.2) is 4.79 Å². The zero-order chi connectivity index (χ0) is 19.4. The number of benzene rings is 1. The van der Waals surface area contributed by atoms with Crippen molar-refractivity contribution in [3.05, 3.63) is 39.4 Å². The van der Waals surface area contributed by atoms with Crippen LogP contribution >= 0.6 is 11.8 Å². The number of nitro groups is 1. The smallest absolute Gasteiger partial charge is 0.335 e. The maximum atomic E-state index is 12.8. The van der Waals surface area contributed by atoms with Crippen LogP contribution in [0.5, 0.6) is 0 Å². The molecule has 1 aliphatic heterocycles. The van der Waals surface area contributed by atoms with Gasteiger partial charge in [0.2, 0.25) is 5.91 Å². The fourth-order valence-electron chi connectivity index (χ4n) is 2.41. The van der Waals surface area contributed by atoms with Crippen LogP contribution in [0.25, 0.3) is 0 Å². The molecule has 1 atom stereocenters. The molecule has 140 valence electrons. The Hall–Kier alpha value is -2.62. The first-order chi connectivity index (χ1) is 12.2. The van der Waals surface area contributed by atoms with Gasteiger partial charge in [-0.2, -0.15) is 0 Å². The number of carboxylic acid groups (broad SMARTS) is 1. The topological polar surface area (TPSA) is 130 Å². The summed E-state index contributed by atoms with van der Waals surface area (Å²) in [5, 5.41) is 22.9. The Balaban J connectivity index is 2.28. The molecule has 0 radical (unpaired) electrons. The molecule has 1 aliphatic rings. The van der Waals surface area contributed by atoms with Gasteiger partial charge in [-0.1, -0.05) is 13.8 Å². The molecule has 1 aromatic carbocycles. The van der Waals surface area contributed by atoms with E-state index < -0.39 is 28.5 Å². The SMILES string of the molecule is CC(C)CNC(=O)C1CSCN1C(=O)c1cc(C(=O)O)cc([N+](=O)[O-])c1. The van der Waals surface area contributed by atoms with Gasteiger partial charge in [0.05, 0.1) is 16.4 Å². The maximum Gasteiger partial charge on any atom is 0.335 e. The number of nitrogens with zero attached hydrogens (tertiary/aromatic N) is 2. The number of carbonyl (C=O) groups excluding carboxylic acids is 2. The number of hydrogen-bond acceptors (Lipinski definition) is 6. The van der Waals surface area contributed by atoms with E-state index in [1.807, 2.05) is 13.8 Å². The summed E-state index contributed by atoms with van der Waals surface area (Å²) in [5.74, 6) is -1.34. The highest BCUT2D eigenvalue weighted by molar-refractivity contribution is 7.99. The Morgan fingerprint density at radius 2 is 2.00 bits per heavy atom. The van der Waals surface area contributed by atoms with Crippen molar-refractivity contribution in [3.63, 3.8) is 0 Å². The minimum Gasteiger partial charge on any atom is -0.478 e. The predicted molar refractivity (Wildman–Crippen MR) is 95.2 cm³/mol. The van der Waals surface area contributed by atoms with Crippen molar-refractivity contribution in [2.75, 3.05) is 18.2 Å². The van der Waals surface area contributed by atoms with Gasteiger partial charge in [0.15, 0.2) is 0 Å². The molecule has 0 spiro atoms. The van der Waals surface area contributed by atoms with Crippen molar-refractivity contribution in [1.82, 2.24) is 10.2 Å². The molecule has 1 aromatic rings. The van der Waals surface area contributed by atoms with E-state index >= 15 is 0 Å². The normalized spacial score (nSPS) is 16.6. The standard InChI is InChI=1S/C16H19N3O6S/c1-9(2)6-17-14(20)13-7-26-8-18(13)15(21)10-3-11(16(22)23)5-12(4-10)19(24)25/h3-5,9,13H,6-8H2,1-2H3,(H,17,20)(H,22,23). The lowest BCUT2D eigenvalue weighted by Crippen LogP contribution is -2.48. The molecule has 1 fully saturated rings. The van der Waals surface area contributed by atoms with E-state index in [0.717, 1.165) is 18.2 Å². The van der Waals surface area contributed by atoms with Gasteiger partial charge in [-0.15, -0.1) is 11.8 Å². The number of aromatic carboxylic acids is 1. The molecule has 0 aliphatic carbocycles. The molecule has 2 rings (SSSR count). The number of non-ortho nitro benzene ring substituents is 1. The van der Waals surface area contributed by atoms with Crippen LogP contribution in [0.4, 0.5) is 5.69 Å². The monoisotopic (exact) mass is 381 g/mol. The Bertz CT molecular complexity index is 719. The van der Waals surface area contributed by atoms with E-state index in [0.29, 0.717) is 12.3 Å². The van der Waals surface area contributed by atoms with Gasteiger partial charge in [0.25, 0.3) is 11.6 Å². The minimum atomic E-state index is -1.37. The molecule has 9 nitrogen and oxygen atoms in total. The van der Waals surface area contributed by atoms with Crippen LogP contribution in [-0.4, -0.2) is 56.9 Å². The van der Waals surface area contributed by atoms with Crippen LogP contribution in [0.1, 0.15) is 34.6 Å². The first-order valence-corrected chi connectivity index (χ1v) is 9.05. The first kappa shape index (κ1) is 19.7. The summed E-state index contributed by atoms with van der Waals surface area (Å²) in [6.07, 6.45) is 0. The molecule has 1 heterocycles. The third kappa shape index (κ3) is 4.51. The zero-order valence-corrected chi connectivity index (χ0v) is 15.1. The first-order valence-electron chi connectivity index (χ1n) is 7.90. The Morgan fingerprint density at radius 3 is 2.58 bits per heavy atom. The lowest BCUT2D eigenvalue weighted by Gasteiger charge is -2.23. The average molecular weight is 381 g/mol. The summed E-state index contributed by atoms with van der Waals surface area (Å²) in [5.41, 5.74) is -0.961. The predicted octanol–water partition coefficient (Wildman–Crippen LogP) is 1.58. The summed E-state index contributed by atoms with van der Waals surface area (Å²) in [7, 11) is 0. The zero-order valence-electron chi connectivity index (χ0n) is 14.3. The molecular weight excluding hydrogens is 362 g/mol. The van der Waals surface area contributed by atoms with Crippen LogP contribution < -0.4 is 5.32 Å². The van der Waals surface area contributed by atoms with Crippen LogP contribution in [0.3, 0.4) is 0 Å². The number of carboxylic acids is 1. The van der Waals surface area contributed by atoms with E-state index in [-0.39, 0.29) is 28.8 Å². The Morgan fingerprint density at radius 1 is 1.35 bits per heavy atom. The molecule has 10 heteroatoms. The van der Waals surface area contributed by atoms with E-state index in [9.17, 15) is 24.5 Å². The number of nitro benzene ring substituents is 1. The van der Waals surface area contributed by atoms with E-state index in [2.05, 4.69) is 5.32 Å². The fourth-order valence-corrected chi connectivity index (χ4v) is 3.57. The third-order valence-corrected chi connectivity index (χ3v) is 4.77. The molecule has 1 unspecified atom stereocenters. The van der Waals surface area contributed by atoms with Gasteiger partial charge in [-0.3, -0.25) is 19.7 Å². The number of nitrogens with one attached hydrogen (secondary N) is 1. The number of carbonyl (C=O) groups is 3. The largest absolute Gasteiger partial charge is 0.478 e. The maximum absolute atomic E-state index is 12.8. The van der Waals surface area contributed by atoms with E-state index in [1.165, 1.54) is 16.7 Å². The Kier molecular flexibility index (Phi) is 6.19. The van der Waals surface area contributed by atoms with Crippen LogP contribution in [0.2, 0.25) is 0 Å². The van der Waals surface area contributed by atoms with E-state index in [4.69, 9.17) is 5.11 Å². The minimum absolute atomic E-state index is 0.124. The van der Waals surface area contributed by atoms with Gasteiger partial charge in [0.1, 0.15) is 6.04 Å². The van der Waals surface area contributed by atoms with Gasteiger partial charge < -0.3 is 15.3 Å². The molecule has 26 heavy (non-hydrogen) atoms. The number of thioether (sulfide) groups is 1. The number of rotatable bonds is 6. The third-order valence-electron chi connectivity index (χ3n) is 3.75. The van der Waals surface area contributed by atoms with Crippen molar-refractivity contribution in [1.29, 1.82) is 0 Å². The molecule has 2 amide bonds. The van der Waals surface area contributed by atoms with Crippen LogP contribution in [0, 0.1) is 16.0 Å². The summed E-state index contributed by atoms with van der Waals surface area (Å²) in [6, 6.07) is 2.31. The van der Waals surface area contributed by atoms with Crippen molar-refractivity contribution in [2.45, 2.75) is 19.9 Å². The average Bonchev–Trinajstić information content (AvgIpc) is 3.08. The van der Waals surface area contributed by atoms with E-state index in [1.54, 1.807) is 0 Å². The highest BCUT2D eigenvalue weighted by Gasteiger charge is 2.35. The fraction of sp³-hybridized carbons (Fsp3) is 0.438. The van der Waals surface area contributed by atoms with Crippen LogP contribution in [0.15, 0.2) is 18.2 Å². The van der Waals surface area contributed by atoms with Gasteiger partial charge in [-0.05, 0) is 12.0 Å². The second-order valence-corrected chi connectivity index (χ2v) is 7.26. The second-order valence-electron chi connectivity index (χ2n) is 6.26.